The van der Waals surface area contributed by atoms with Crippen molar-refractivity contribution in [2.75, 3.05) is 13.2 Å². The summed E-state index contributed by atoms with van der Waals surface area (Å²) in [6.45, 7) is 0.0564. The SMILES string of the molecule is O=C(OCC(CCCCO)OC(=O)c1ccccc1)c1ccccc1. The summed E-state index contributed by atoms with van der Waals surface area (Å²) in [7, 11) is 0. The fourth-order valence-corrected chi connectivity index (χ4v) is 2.28. The van der Waals surface area contributed by atoms with Crippen LogP contribution in [0.4, 0.5) is 0 Å². The van der Waals surface area contributed by atoms with Crippen LogP contribution < -0.4 is 0 Å². The van der Waals surface area contributed by atoms with E-state index >= 15 is 0 Å². The van der Waals surface area contributed by atoms with E-state index in [4.69, 9.17) is 14.6 Å². The minimum absolute atomic E-state index is 0.0161. The van der Waals surface area contributed by atoms with E-state index in [0.717, 1.165) is 0 Å². The summed E-state index contributed by atoms with van der Waals surface area (Å²) >= 11 is 0. The second-order valence-corrected chi connectivity index (χ2v) is 5.58. The van der Waals surface area contributed by atoms with E-state index in [2.05, 4.69) is 0 Å². The average molecular weight is 342 g/mol. The van der Waals surface area contributed by atoms with Crippen molar-refractivity contribution in [3.63, 3.8) is 0 Å². The maximum absolute atomic E-state index is 12.2. The van der Waals surface area contributed by atoms with Crippen molar-refractivity contribution in [1.82, 2.24) is 0 Å². The highest BCUT2D eigenvalue weighted by molar-refractivity contribution is 5.90. The fraction of sp³-hybridized carbons (Fsp3) is 0.300. The number of rotatable bonds is 9. The first kappa shape index (κ1) is 18.7. The third-order valence-corrected chi connectivity index (χ3v) is 3.63. The Morgan fingerprint density at radius 3 is 1.96 bits per heavy atom. The maximum atomic E-state index is 12.2. The van der Waals surface area contributed by atoms with Crippen LogP contribution in [0, 0.1) is 0 Å². The van der Waals surface area contributed by atoms with Gasteiger partial charge in [-0.25, -0.2) is 9.59 Å². The molecule has 0 fully saturated rings. The molecule has 0 radical (unpaired) electrons. The van der Waals surface area contributed by atoms with Crippen LogP contribution >= 0.6 is 0 Å². The van der Waals surface area contributed by atoms with Crippen LogP contribution in [-0.4, -0.2) is 36.4 Å². The van der Waals surface area contributed by atoms with Gasteiger partial charge in [0.2, 0.25) is 0 Å². The van der Waals surface area contributed by atoms with Gasteiger partial charge in [-0.15, -0.1) is 0 Å². The molecule has 0 aliphatic carbocycles. The first-order valence-electron chi connectivity index (χ1n) is 8.29. The molecular formula is C20H22O5. The molecule has 1 N–H and O–H groups in total. The topological polar surface area (TPSA) is 72.8 Å². The molecule has 0 aliphatic heterocycles. The highest BCUT2D eigenvalue weighted by Crippen LogP contribution is 2.11. The molecule has 2 rings (SSSR count). The molecule has 0 bridgehead atoms. The van der Waals surface area contributed by atoms with E-state index in [0.29, 0.717) is 30.4 Å². The quantitative estimate of drug-likeness (QED) is 0.559. The van der Waals surface area contributed by atoms with E-state index in [-0.39, 0.29) is 13.2 Å². The summed E-state index contributed by atoms with van der Waals surface area (Å²) in [5.74, 6) is -0.908. The second kappa shape index (κ2) is 10.3. The van der Waals surface area contributed by atoms with E-state index in [1.54, 1.807) is 48.5 Å². The Morgan fingerprint density at radius 2 is 1.40 bits per heavy atom. The molecule has 1 unspecified atom stereocenters. The van der Waals surface area contributed by atoms with Gasteiger partial charge < -0.3 is 14.6 Å². The van der Waals surface area contributed by atoms with Crippen molar-refractivity contribution in [1.29, 1.82) is 0 Å². The Morgan fingerprint density at radius 1 is 0.840 bits per heavy atom. The highest BCUT2D eigenvalue weighted by Gasteiger charge is 2.18. The van der Waals surface area contributed by atoms with Crippen molar-refractivity contribution < 1.29 is 24.2 Å². The molecule has 132 valence electrons. The molecule has 0 amide bonds. The van der Waals surface area contributed by atoms with Crippen LogP contribution in [0.15, 0.2) is 60.7 Å². The first-order valence-corrected chi connectivity index (χ1v) is 8.29. The van der Waals surface area contributed by atoms with E-state index < -0.39 is 18.0 Å². The zero-order valence-corrected chi connectivity index (χ0v) is 14.0. The molecule has 5 heteroatoms. The molecule has 0 spiro atoms. The van der Waals surface area contributed by atoms with E-state index in [1.807, 2.05) is 12.1 Å². The molecule has 0 aliphatic rings. The molecule has 25 heavy (non-hydrogen) atoms. The largest absolute Gasteiger partial charge is 0.458 e. The number of hydrogen-bond acceptors (Lipinski definition) is 5. The smallest absolute Gasteiger partial charge is 0.338 e. The van der Waals surface area contributed by atoms with Crippen molar-refractivity contribution in [3.8, 4) is 0 Å². The number of esters is 2. The molecule has 0 heterocycles. The van der Waals surface area contributed by atoms with Gasteiger partial charge in [0.05, 0.1) is 11.1 Å². The molecule has 5 nitrogen and oxygen atoms in total. The third-order valence-electron chi connectivity index (χ3n) is 3.63. The summed E-state index contributed by atoms with van der Waals surface area (Å²) in [5, 5.41) is 8.91. The van der Waals surface area contributed by atoms with Crippen molar-refractivity contribution in [2.24, 2.45) is 0 Å². The number of unbranched alkanes of at least 4 members (excludes halogenated alkanes) is 1. The number of carbonyl (C=O) groups excluding carboxylic acids is 2. The Hall–Kier alpha value is -2.66. The Kier molecular flexibility index (Phi) is 7.66. The number of carbonyl (C=O) groups is 2. The van der Waals surface area contributed by atoms with Gasteiger partial charge in [0.25, 0.3) is 0 Å². The summed E-state index contributed by atoms with van der Waals surface area (Å²) in [5.41, 5.74) is 0.898. The zero-order chi connectivity index (χ0) is 17.9. The van der Waals surface area contributed by atoms with Crippen molar-refractivity contribution in [3.05, 3.63) is 71.8 Å². The minimum atomic E-state index is -0.549. The van der Waals surface area contributed by atoms with Gasteiger partial charge in [0, 0.05) is 6.61 Å². The number of hydrogen-bond donors (Lipinski definition) is 1. The summed E-state index contributed by atoms with van der Waals surface area (Å²) in [4.78, 5) is 24.2. The van der Waals surface area contributed by atoms with Crippen LogP contribution in [0.25, 0.3) is 0 Å². The van der Waals surface area contributed by atoms with Crippen LogP contribution in [-0.2, 0) is 9.47 Å². The number of benzene rings is 2. The maximum Gasteiger partial charge on any atom is 0.338 e. The number of ether oxygens (including phenoxy) is 2. The van der Waals surface area contributed by atoms with Crippen LogP contribution in [0.2, 0.25) is 0 Å². The highest BCUT2D eigenvalue weighted by atomic mass is 16.6. The Labute approximate surface area is 147 Å². The molecular weight excluding hydrogens is 320 g/mol. The van der Waals surface area contributed by atoms with Gasteiger partial charge in [-0.05, 0) is 43.5 Å². The molecule has 0 saturated heterocycles. The molecule has 0 saturated carbocycles. The fourth-order valence-electron chi connectivity index (χ4n) is 2.28. The Bertz CT molecular complexity index is 654. The lowest BCUT2D eigenvalue weighted by atomic mass is 10.1. The van der Waals surface area contributed by atoms with E-state index in [9.17, 15) is 9.59 Å². The standard InChI is InChI=1S/C20H22O5/c21-14-8-7-13-18(25-20(23)17-11-5-2-6-12-17)15-24-19(22)16-9-3-1-4-10-16/h1-6,9-12,18,21H,7-8,13-15H2. The molecule has 2 aromatic rings. The lowest BCUT2D eigenvalue weighted by Gasteiger charge is -2.18. The van der Waals surface area contributed by atoms with Gasteiger partial charge in [-0.3, -0.25) is 0 Å². The van der Waals surface area contributed by atoms with Crippen LogP contribution in [0.3, 0.4) is 0 Å². The second-order valence-electron chi connectivity index (χ2n) is 5.58. The lowest BCUT2D eigenvalue weighted by Crippen LogP contribution is -2.25. The van der Waals surface area contributed by atoms with Gasteiger partial charge in [-0.2, -0.15) is 0 Å². The third kappa shape index (κ3) is 6.39. The number of aliphatic hydroxyl groups excluding tert-OH is 1. The molecule has 1 atom stereocenters. The molecule has 0 aromatic heterocycles. The van der Waals surface area contributed by atoms with Gasteiger partial charge in [-0.1, -0.05) is 36.4 Å². The van der Waals surface area contributed by atoms with Gasteiger partial charge >= 0.3 is 11.9 Å². The van der Waals surface area contributed by atoms with Gasteiger partial charge in [0.1, 0.15) is 12.7 Å². The minimum Gasteiger partial charge on any atom is -0.458 e. The van der Waals surface area contributed by atoms with Crippen LogP contribution in [0.1, 0.15) is 40.0 Å². The predicted molar refractivity (Wildman–Crippen MR) is 93.3 cm³/mol. The van der Waals surface area contributed by atoms with E-state index in [1.165, 1.54) is 0 Å². The monoisotopic (exact) mass is 342 g/mol. The predicted octanol–water partition coefficient (Wildman–Crippen LogP) is 3.23. The van der Waals surface area contributed by atoms with Crippen molar-refractivity contribution in [2.45, 2.75) is 25.4 Å². The summed E-state index contributed by atoms with van der Waals surface area (Å²) in [6.07, 6.45) is 1.24. The van der Waals surface area contributed by atoms with Gasteiger partial charge in [0.15, 0.2) is 0 Å². The van der Waals surface area contributed by atoms with Crippen molar-refractivity contribution >= 4 is 11.9 Å². The molecule has 2 aromatic carbocycles. The summed E-state index contributed by atoms with van der Waals surface area (Å²) < 4.78 is 10.8. The zero-order valence-electron chi connectivity index (χ0n) is 14.0. The van der Waals surface area contributed by atoms with Crippen LogP contribution in [0.5, 0.6) is 0 Å². The number of aliphatic hydroxyl groups is 1. The average Bonchev–Trinajstić information content (AvgIpc) is 2.67. The summed E-state index contributed by atoms with van der Waals surface area (Å²) in [6, 6.07) is 17.3. The Balaban J connectivity index is 1.93. The first-order chi connectivity index (χ1) is 12.2. The normalized spacial score (nSPS) is 11.6. The lowest BCUT2D eigenvalue weighted by molar-refractivity contribution is -0.00362.